The fraction of sp³-hybridized carbons (Fsp3) is 0.231. The van der Waals surface area contributed by atoms with Crippen LogP contribution in [0.5, 0.6) is 0 Å². The first-order valence-corrected chi connectivity index (χ1v) is 5.67. The van der Waals surface area contributed by atoms with E-state index in [1.807, 2.05) is 6.92 Å². The summed E-state index contributed by atoms with van der Waals surface area (Å²) in [5, 5.41) is 0. The Hall–Kier alpha value is -2.11. The van der Waals surface area contributed by atoms with Gasteiger partial charge in [-0.25, -0.2) is 4.98 Å². The van der Waals surface area contributed by atoms with Crippen molar-refractivity contribution in [2.45, 2.75) is 19.5 Å². The van der Waals surface area contributed by atoms with Gasteiger partial charge in [0.15, 0.2) is 0 Å². The van der Waals surface area contributed by atoms with E-state index < -0.39 is 11.7 Å². The van der Waals surface area contributed by atoms with Gasteiger partial charge in [-0.05, 0) is 18.6 Å². The van der Waals surface area contributed by atoms with E-state index in [4.69, 9.17) is 0 Å². The van der Waals surface area contributed by atoms with Crippen LogP contribution in [-0.2, 0) is 12.6 Å². The van der Waals surface area contributed by atoms with Crippen molar-refractivity contribution >= 4 is 0 Å². The quantitative estimate of drug-likeness (QED) is 0.910. The van der Waals surface area contributed by atoms with Gasteiger partial charge in [0.1, 0.15) is 5.82 Å². The van der Waals surface area contributed by atoms with Crippen molar-refractivity contribution in [3.8, 4) is 11.4 Å². The van der Waals surface area contributed by atoms with E-state index in [0.717, 1.165) is 12.1 Å². The van der Waals surface area contributed by atoms with Gasteiger partial charge >= 0.3 is 6.18 Å². The summed E-state index contributed by atoms with van der Waals surface area (Å²) in [6, 6.07) is 4.49. The Bertz CT molecular complexity index is 630. The lowest BCUT2D eigenvalue weighted by atomic mass is 10.1. The summed E-state index contributed by atoms with van der Waals surface area (Å²) in [7, 11) is 0. The third-order valence-electron chi connectivity index (χ3n) is 2.74. The second-order valence-corrected chi connectivity index (χ2v) is 4.01. The fourth-order valence-corrected chi connectivity index (χ4v) is 1.64. The highest BCUT2D eigenvalue weighted by atomic mass is 19.4. The largest absolute Gasteiger partial charge is 0.416 e. The van der Waals surface area contributed by atoms with Crippen LogP contribution in [0.2, 0.25) is 0 Å². The molecular weight excluding hydrogens is 257 g/mol. The zero-order chi connectivity index (χ0) is 14.0. The molecule has 0 atom stereocenters. The van der Waals surface area contributed by atoms with Crippen molar-refractivity contribution in [2.75, 3.05) is 0 Å². The number of hydrogen-bond donors (Lipinski definition) is 1. The number of nitrogens with zero attached hydrogens (tertiary/aromatic N) is 1. The number of nitrogens with one attached hydrogen (secondary N) is 1. The van der Waals surface area contributed by atoms with Crippen LogP contribution in [0.3, 0.4) is 0 Å². The van der Waals surface area contributed by atoms with Crippen LogP contribution in [0.15, 0.2) is 35.3 Å². The lowest BCUT2D eigenvalue weighted by Gasteiger charge is -2.07. The molecule has 0 fully saturated rings. The minimum atomic E-state index is -4.37. The van der Waals surface area contributed by atoms with Crippen molar-refractivity contribution in [1.82, 2.24) is 9.97 Å². The monoisotopic (exact) mass is 268 g/mol. The lowest BCUT2D eigenvalue weighted by molar-refractivity contribution is -0.137. The molecule has 0 bridgehead atoms. The molecule has 0 radical (unpaired) electrons. The van der Waals surface area contributed by atoms with Gasteiger partial charge in [0.05, 0.1) is 5.56 Å². The number of rotatable bonds is 2. The fourth-order valence-electron chi connectivity index (χ4n) is 1.64. The summed E-state index contributed by atoms with van der Waals surface area (Å²) in [6.45, 7) is 1.82. The molecule has 0 aliphatic heterocycles. The van der Waals surface area contributed by atoms with Crippen molar-refractivity contribution in [2.24, 2.45) is 0 Å². The molecule has 0 unspecified atom stereocenters. The van der Waals surface area contributed by atoms with Crippen LogP contribution in [0.25, 0.3) is 11.4 Å². The van der Waals surface area contributed by atoms with Crippen LogP contribution >= 0.6 is 0 Å². The molecule has 2 aromatic rings. The minimum Gasteiger partial charge on any atom is -0.306 e. The van der Waals surface area contributed by atoms with E-state index in [1.165, 1.54) is 18.3 Å². The smallest absolute Gasteiger partial charge is 0.306 e. The number of aromatic nitrogens is 2. The predicted octanol–water partition coefficient (Wildman–Crippen LogP) is 3.02. The molecule has 0 saturated heterocycles. The maximum Gasteiger partial charge on any atom is 0.416 e. The van der Waals surface area contributed by atoms with Gasteiger partial charge in [-0.2, -0.15) is 13.2 Å². The molecular formula is C13H11F3N2O. The Labute approximate surface area is 107 Å². The Morgan fingerprint density at radius 3 is 2.32 bits per heavy atom. The molecule has 1 aromatic heterocycles. The molecule has 0 aliphatic carbocycles. The molecule has 2 rings (SSSR count). The van der Waals surface area contributed by atoms with E-state index in [0.29, 0.717) is 17.5 Å². The van der Waals surface area contributed by atoms with E-state index in [-0.39, 0.29) is 11.4 Å². The van der Waals surface area contributed by atoms with E-state index in [9.17, 15) is 18.0 Å². The van der Waals surface area contributed by atoms with Crippen LogP contribution < -0.4 is 5.56 Å². The molecule has 1 N–H and O–H groups in total. The molecule has 19 heavy (non-hydrogen) atoms. The SMILES string of the molecule is CCc1cnc(-c2ccc(C(F)(F)F)cc2)[nH]c1=O. The molecule has 3 nitrogen and oxygen atoms in total. The van der Waals surface area contributed by atoms with Crippen LogP contribution in [0.1, 0.15) is 18.1 Å². The second kappa shape index (κ2) is 4.87. The molecule has 0 aliphatic rings. The Balaban J connectivity index is 2.38. The first-order valence-electron chi connectivity index (χ1n) is 5.67. The maximum absolute atomic E-state index is 12.4. The van der Waals surface area contributed by atoms with Gasteiger partial charge in [0.2, 0.25) is 0 Å². The summed E-state index contributed by atoms with van der Waals surface area (Å²) >= 11 is 0. The second-order valence-electron chi connectivity index (χ2n) is 4.01. The van der Waals surface area contributed by atoms with Crippen molar-refractivity contribution in [3.05, 3.63) is 51.9 Å². The summed E-state index contributed by atoms with van der Waals surface area (Å²) in [6.07, 6.45) is -2.38. The third-order valence-corrected chi connectivity index (χ3v) is 2.74. The standard InChI is InChI=1S/C13H11F3N2O/c1-2-8-7-17-11(18-12(8)19)9-3-5-10(6-4-9)13(14,15)16/h3-7H,2H2,1H3,(H,17,18,19). The number of halogens is 3. The molecule has 1 aromatic carbocycles. The van der Waals surface area contributed by atoms with Gasteiger partial charge < -0.3 is 4.98 Å². The number of alkyl halides is 3. The van der Waals surface area contributed by atoms with Gasteiger partial charge in [-0.3, -0.25) is 4.79 Å². The molecule has 100 valence electrons. The van der Waals surface area contributed by atoms with Crippen LogP contribution in [0, 0.1) is 0 Å². The summed E-state index contributed by atoms with van der Waals surface area (Å²) in [5.41, 5.74) is -0.0282. The number of aryl methyl sites for hydroxylation is 1. The average molecular weight is 268 g/mol. The first-order chi connectivity index (χ1) is 8.91. The van der Waals surface area contributed by atoms with Crippen molar-refractivity contribution in [1.29, 1.82) is 0 Å². The summed E-state index contributed by atoms with van der Waals surface area (Å²) in [5.74, 6) is 0.260. The number of H-pyrrole nitrogens is 1. The Morgan fingerprint density at radius 1 is 1.21 bits per heavy atom. The highest BCUT2D eigenvalue weighted by Gasteiger charge is 2.30. The highest BCUT2D eigenvalue weighted by molar-refractivity contribution is 5.55. The normalized spacial score (nSPS) is 11.6. The Kier molecular flexibility index (Phi) is 3.42. The van der Waals surface area contributed by atoms with Crippen LogP contribution in [-0.4, -0.2) is 9.97 Å². The molecule has 0 amide bonds. The van der Waals surface area contributed by atoms with Crippen molar-refractivity contribution in [3.63, 3.8) is 0 Å². The van der Waals surface area contributed by atoms with Gasteiger partial charge in [-0.15, -0.1) is 0 Å². The first kappa shape index (κ1) is 13.3. The number of hydrogen-bond acceptors (Lipinski definition) is 2. The third kappa shape index (κ3) is 2.83. The van der Waals surface area contributed by atoms with Gasteiger partial charge in [0, 0.05) is 17.3 Å². The van der Waals surface area contributed by atoms with Gasteiger partial charge in [-0.1, -0.05) is 19.1 Å². The zero-order valence-electron chi connectivity index (χ0n) is 10.1. The molecule has 1 heterocycles. The minimum absolute atomic E-state index is 0.260. The molecule has 6 heteroatoms. The maximum atomic E-state index is 12.4. The predicted molar refractivity (Wildman–Crippen MR) is 64.7 cm³/mol. The molecule has 0 saturated carbocycles. The average Bonchev–Trinajstić information content (AvgIpc) is 2.38. The highest BCUT2D eigenvalue weighted by Crippen LogP contribution is 2.30. The van der Waals surface area contributed by atoms with Gasteiger partial charge in [0.25, 0.3) is 5.56 Å². The zero-order valence-corrected chi connectivity index (χ0v) is 10.1. The number of aromatic amines is 1. The van der Waals surface area contributed by atoms with E-state index >= 15 is 0 Å². The lowest BCUT2D eigenvalue weighted by Crippen LogP contribution is -2.13. The van der Waals surface area contributed by atoms with E-state index in [2.05, 4.69) is 9.97 Å². The summed E-state index contributed by atoms with van der Waals surface area (Å²) in [4.78, 5) is 18.2. The van der Waals surface area contributed by atoms with E-state index in [1.54, 1.807) is 0 Å². The Morgan fingerprint density at radius 2 is 1.84 bits per heavy atom. The topological polar surface area (TPSA) is 45.8 Å². The molecule has 0 spiro atoms. The number of benzene rings is 1. The van der Waals surface area contributed by atoms with Crippen molar-refractivity contribution < 1.29 is 13.2 Å². The van der Waals surface area contributed by atoms with Crippen LogP contribution in [0.4, 0.5) is 13.2 Å². The summed E-state index contributed by atoms with van der Waals surface area (Å²) < 4.78 is 37.2.